The van der Waals surface area contributed by atoms with E-state index in [9.17, 15) is 0 Å². The predicted molar refractivity (Wildman–Crippen MR) is 71.7 cm³/mol. The molecule has 0 saturated carbocycles. The Morgan fingerprint density at radius 2 is 2.24 bits per heavy atom. The molecule has 92 valence electrons. The summed E-state index contributed by atoms with van der Waals surface area (Å²) in [4.78, 5) is 0. The predicted octanol–water partition coefficient (Wildman–Crippen LogP) is 2.05. The van der Waals surface area contributed by atoms with Crippen LogP contribution in [0.1, 0.15) is 23.9 Å². The Balaban J connectivity index is 2.26. The zero-order valence-corrected chi connectivity index (χ0v) is 11.7. The van der Waals surface area contributed by atoms with Gasteiger partial charge in [0.25, 0.3) is 0 Å². The molecule has 0 aliphatic rings. The van der Waals surface area contributed by atoms with E-state index in [-0.39, 0.29) is 0 Å². The number of aromatic nitrogens is 3. The highest BCUT2D eigenvalue weighted by Gasteiger charge is 2.12. The molecule has 0 radical (unpaired) electrons. The number of rotatable bonds is 4. The highest BCUT2D eigenvalue weighted by molar-refractivity contribution is 9.10. The first-order valence-corrected chi connectivity index (χ1v) is 6.50. The Labute approximate surface area is 110 Å². The minimum atomic E-state index is 0.583. The summed E-state index contributed by atoms with van der Waals surface area (Å²) in [6, 6.07) is 2.05. The van der Waals surface area contributed by atoms with Crippen LogP contribution in [0.15, 0.2) is 22.9 Å². The summed E-state index contributed by atoms with van der Waals surface area (Å²) in [5, 5.41) is 4.48. The van der Waals surface area contributed by atoms with Crippen LogP contribution >= 0.6 is 15.9 Å². The minimum absolute atomic E-state index is 0.583. The molecule has 0 spiro atoms. The molecular formula is C12H17BrN4. The standard InChI is InChI=1S/C12H17BrN4/c1-3-10-12(13)11(16(2)15-10)8-17-5-4-9(6-14)7-17/h4-5,7H,3,6,8,14H2,1-2H3. The van der Waals surface area contributed by atoms with Gasteiger partial charge in [-0.1, -0.05) is 6.92 Å². The summed E-state index contributed by atoms with van der Waals surface area (Å²) in [6.45, 7) is 3.50. The van der Waals surface area contributed by atoms with Crippen LogP contribution in [0.3, 0.4) is 0 Å². The largest absolute Gasteiger partial charge is 0.348 e. The zero-order valence-electron chi connectivity index (χ0n) is 10.2. The minimum Gasteiger partial charge on any atom is -0.348 e. The van der Waals surface area contributed by atoms with E-state index in [1.54, 1.807) is 0 Å². The average molecular weight is 297 g/mol. The molecule has 2 rings (SSSR count). The second-order valence-corrected chi connectivity index (χ2v) is 4.87. The van der Waals surface area contributed by atoms with Gasteiger partial charge in [-0.25, -0.2) is 0 Å². The van der Waals surface area contributed by atoms with Crippen LogP contribution in [0.25, 0.3) is 0 Å². The lowest BCUT2D eigenvalue weighted by molar-refractivity contribution is 0.660. The van der Waals surface area contributed by atoms with Crippen LogP contribution in [0.2, 0.25) is 0 Å². The van der Waals surface area contributed by atoms with Crippen molar-refractivity contribution in [2.45, 2.75) is 26.4 Å². The van der Waals surface area contributed by atoms with Gasteiger partial charge >= 0.3 is 0 Å². The number of halogens is 1. The summed E-state index contributed by atoms with van der Waals surface area (Å²) < 4.78 is 5.18. The molecule has 0 unspecified atom stereocenters. The van der Waals surface area contributed by atoms with E-state index in [0.29, 0.717) is 6.54 Å². The fraction of sp³-hybridized carbons (Fsp3) is 0.417. The summed E-state index contributed by atoms with van der Waals surface area (Å²) in [5.41, 5.74) is 9.04. The van der Waals surface area contributed by atoms with Gasteiger partial charge in [-0.15, -0.1) is 0 Å². The summed E-state index contributed by atoms with van der Waals surface area (Å²) in [5.74, 6) is 0. The summed E-state index contributed by atoms with van der Waals surface area (Å²) in [6.07, 6.45) is 5.06. The first kappa shape index (κ1) is 12.4. The Hall–Kier alpha value is -1.07. The van der Waals surface area contributed by atoms with E-state index in [0.717, 1.165) is 28.7 Å². The number of hydrogen-bond acceptors (Lipinski definition) is 2. The number of nitrogens with zero attached hydrogens (tertiary/aromatic N) is 3. The lowest BCUT2D eigenvalue weighted by Gasteiger charge is -2.04. The van der Waals surface area contributed by atoms with Crippen molar-refractivity contribution in [1.29, 1.82) is 0 Å². The molecule has 17 heavy (non-hydrogen) atoms. The quantitative estimate of drug-likeness (QED) is 0.939. The van der Waals surface area contributed by atoms with E-state index < -0.39 is 0 Å². The first-order valence-electron chi connectivity index (χ1n) is 5.70. The third-order valence-corrected chi connectivity index (χ3v) is 3.80. The third-order valence-electron chi connectivity index (χ3n) is 2.88. The molecular weight excluding hydrogens is 280 g/mol. The van der Waals surface area contributed by atoms with E-state index in [1.807, 2.05) is 24.0 Å². The van der Waals surface area contributed by atoms with Gasteiger partial charge in [0, 0.05) is 26.0 Å². The van der Waals surface area contributed by atoms with Crippen LogP contribution < -0.4 is 5.73 Å². The molecule has 2 N–H and O–H groups in total. The van der Waals surface area contributed by atoms with Gasteiger partial charge in [-0.3, -0.25) is 4.68 Å². The number of aryl methyl sites for hydroxylation is 2. The number of nitrogens with two attached hydrogens (primary N) is 1. The first-order chi connectivity index (χ1) is 8.15. The summed E-state index contributed by atoms with van der Waals surface area (Å²) in [7, 11) is 1.98. The van der Waals surface area contributed by atoms with Crippen molar-refractivity contribution < 1.29 is 0 Å². The maximum Gasteiger partial charge on any atom is 0.0767 e. The molecule has 0 bridgehead atoms. The zero-order chi connectivity index (χ0) is 12.4. The van der Waals surface area contributed by atoms with Gasteiger partial charge < -0.3 is 10.3 Å². The van der Waals surface area contributed by atoms with Crippen LogP contribution in [0.5, 0.6) is 0 Å². The molecule has 5 heteroatoms. The third kappa shape index (κ3) is 2.45. The second-order valence-electron chi connectivity index (χ2n) is 4.08. The maximum atomic E-state index is 5.60. The van der Waals surface area contributed by atoms with Crippen molar-refractivity contribution in [3.8, 4) is 0 Å². The highest BCUT2D eigenvalue weighted by atomic mass is 79.9. The molecule has 0 aliphatic heterocycles. The average Bonchev–Trinajstić information content (AvgIpc) is 2.88. The normalized spacial score (nSPS) is 11.1. The van der Waals surface area contributed by atoms with Gasteiger partial charge in [0.05, 0.1) is 22.4 Å². The lowest BCUT2D eigenvalue weighted by Crippen LogP contribution is -2.04. The van der Waals surface area contributed by atoms with Gasteiger partial charge in [-0.05, 0) is 34.0 Å². The van der Waals surface area contributed by atoms with Crippen molar-refractivity contribution in [1.82, 2.24) is 14.3 Å². The van der Waals surface area contributed by atoms with Crippen molar-refractivity contribution >= 4 is 15.9 Å². The maximum absolute atomic E-state index is 5.60. The molecule has 0 atom stereocenters. The van der Waals surface area contributed by atoms with Gasteiger partial charge in [0.2, 0.25) is 0 Å². The molecule has 0 fully saturated rings. The Kier molecular flexibility index (Phi) is 3.69. The topological polar surface area (TPSA) is 48.8 Å². The molecule has 0 aromatic carbocycles. The van der Waals surface area contributed by atoms with Crippen LogP contribution in [-0.4, -0.2) is 14.3 Å². The van der Waals surface area contributed by atoms with E-state index in [1.165, 1.54) is 5.69 Å². The van der Waals surface area contributed by atoms with Crippen LogP contribution in [-0.2, 0) is 26.6 Å². The van der Waals surface area contributed by atoms with Gasteiger partial charge in [-0.2, -0.15) is 5.10 Å². The van der Waals surface area contributed by atoms with Gasteiger partial charge in [0.1, 0.15) is 0 Å². The molecule has 2 aromatic heterocycles. The molecule has 0 amide bonds. The summed E-state index contributed by atoms with van der Waals surface area (Å²) >= 11 is 3.62. The van der Waals surface area contributed by atoms with E-state index in [4.69, 9.17) is 5.73 Å². The molecule has 0 saturated heterocycles. The molecule has 0 aliphatic carbocycles. The lowest BCUT2D eigenvalue weighted by atomic mass is 10.3. The Morgan fingerprint density at radius 3 is 2.76 bits per heavy atom. The van der Waals surface area contributed by atoms with E-state index >= 15 is 0 Å². The fourth-order valence-corrected chi connectivity index (χ4v) is 2.62. The van der Waals surface area contributed by atoms with Crippen molar-refractivity contribution in [3.63, 3.8) is 0 Å². The Morgan fingerprint density at radius 1 is 1.47 bits per heavy atom. The SMILES string of the molecule is CCc1nn(C)c(Cn2ccc(CN)c2)c1Br. The fourth-order valence-electron chi connectivity index (χ4n) is 1.87. The smallest absolute Gasteiger partial charge is 0.0767 e. The Bertz CT molecular complexity index is 513. The van der Waals surface area contributed by atoms with Crippen LogP contribution in [0.4, 0.5) is 0 Å². The van der Waals surface area contributed by atoms with Crippen molar-refractivity contribution in [3.05, 3.63) is 39.9 Å². The van der Waals surface area contributed by atoms with Gasteiger partial charge in [0.15, 0.2) is 0 Å². The monoisotopic (exact) mass is 296 g/mol. The van der Waals surface area contributed by atoms with E-state index in [2.05, 4.69) is 38.7 Å². The van der Waals surface area contributed by atoms with Crippen LogP contribution in [0, 0.1) is 0 Å². The second kappa shape index (κ2) is 5.06. The van der Waals surface area contributed by atoms with Crippen molar-refractivity contribution in [2.24, 2.45) is 12.8 Å². The highest BCUT2D eigenvalue weighted by Crippen LogP contribution is 2.22. The molecule has 2 aromatic rings. The molecule has 4 nitrogen and oxygen atoms in total. The van der Waals surface area contributed by atoms with Crippen molar-refractivity contribution in [2.75, 3.05) is 0 Å². The number of hydrogen-bond donors (Lipinski definition) is 1. The molecule has 2 heterocycles.